The van der Waals surface area contributed by atoms with E-state index in [1.54, 1.807) is 0 Å². The minimum atomic E-state index is 0.0427. The molecule has 2 atom stereocenters. The molecule has 2 unspecified atom stereocenters. The van der Waals surface area contributed by atoms with Gasteiger partial charge in [0.25, 0.3) is 0 Å². The molecule has 1 saturated carbocycles. The zero-order valence-electron chi connectivity index (χ0n) is 13.4. The number of nitrogens with zero attached hydrogens (tertiary/aromatic N) is 1. The maximum Gasteiger partial charge on any atom is 0.238 e. The van der Waals surface area contributed by atoms with Gasteiger partial charge in [0, 0.05) is 6.04 Å². The highest BCUT2D eigenvalue weighted by atomic mass is 16.2. The van der Waals surface area contributed by atoms with E-state index in [-0.39, 0.29) is 17.5 Å². The van der Waals surface area contributed by atoms with E-state index in [9.17, 15) is 4.79 Å². The van der Waals surface area contributed by atoms with Gasteiger partial charge in [-0.25, -0.2) is 0 Å². The molecule has 1 heterocycles. The van der Waals surface area contributed by atoms with Gasteiger partial charge in [-0.05, 0) is 36.3 Å². The van der Waals surface area contributed by atoms with E-state index < -0.39 is 0 Å². The fraction of sp³-hybridized carbons (Fsp3) is 0.611. The Balaban J connectivity index is 1.95. The van der Waals surface area contributed by atoms with E-state index in [2.05, 4.69) is 55.3 Å². The molecule has 1 N–H and O–H groups in total. The maximum absolute atomic E-state index is 12.5. The summed E-state index contributed by atoms with van der Waals surface area (Å²) in [6.45, 7) is 7.23. The lowest BCUT2D eigenvalue weighted by atomic mass is 9.72. The Bertz CT molecular complexity index is 538. The second kappa shape index (κ2) is 5.45. The first kappa shape index (κ1) is 14.6. The van der Waals surface area contributed by atoms with Crippen molar-refractivity contribution in [3.05, 3.63) is 35.4 Å². The Morgan fingerprint density at radius 2 is 2.00 bits per heavy atom. The van der Waals surface area contributed by atoms with Crippen LogP contribution in [0.25, 0.3) is 0 Å². The van der Waals surface area contributed by atoms with Crippen LogP contribution in [0.15, 0.2) is 24.3 Å². The molecule has 21 heavy (non-hydrogen) atoms. The highest BCUT2D eigenvalue weighted by Gasteiger charge is 2.44. The Kier molecular flexibility index (Phi) is 3.78. The molecule has 2 fully saturated rings. The van der Waals surface area contributed by atoms with Crippen molar-refractivity contribution in [3.8, 4) is 0 Å². The van der Waals surface area contributed by atoms with Gasteiger partial charge in [0.05, 0.1) is 6.54 Å². The van der Waals surface area contributed by atoms with Gasteiger partial charge in [0.2, 0.25) is 5.91 Å². The Morgan fingerprint density at radius 1 is 1.24 bits per heavy atom. The number of nitrogens with one attached hydrogen (secondary N) is 1. The lowest BCUT2D eigenvalue weighted by Gasteiger charge is -2.46. The second-order valence-electron chi connectivity index (χ2n) is 7.19. The normalized spacial score (nSPS) is 28.9. The van der Waals surface area contributed by atoms with Crippen LogP contribution in [0.2, 0.25) is 0 Å². The third-order valence-electron chi connectivity index (χ3n) is 5.28. The molecular formula is C18H26N2O. The minimum absolute atomic E-state index is 0.0427. The highest BCUT2D eigenvalue weighted by Crippen LogP contribution is 2.42. The molecule has 1 amide bonds. The summed E-state index contributed by atoms with van der Waals surface area (Å²) >= 11 is 0. The second-order valence-corrected chi connectivity index (χ2v) is 7.19. The molecule has 3 rings (SSSR count). The van der Waals surface area contributed by atoms with Gasteiger partial charge in [0.15, 0.2) is 0 Å². The molecule has 0 radical (unpaired) electrons. The summed E-state index contributed by atoms with van der Waals surface area (Å²) in [5, 5.41) is 3.43. The van der Waals surface area contributed by atoms with Crippen molar-refractivity contribution in [3.63, 3.8) is 0 Å². The van der Waals surface area contributed by atoms with Gasteiger partial charge < -0.3 is 4.90 Å². The van der Waals surface area contributed by atoms with Crippen molar-refractivity contribution < 1.29 is 4.79 Å². The van der Waals surface area contributed by atoms with Crippen molar-refractivity contribution in [2.24, 2.45) is 5.41 Å². The van der Waals surface area contributed by atoms with Crippen molar-refractivity contribution in [2.45, 2.75) is 58.7 Å². The first-order chi connectivity index (χ1) is 10.0. The summed E-state index contributed by atoms with van der Waals surface area (Å²) in [5.74, 6) is 0.253. The standard InChI is InChI=1S/C18H26N2O/c1-13-8-4-5-9-14(13)17-19-12-16(21)20(17)15-10-6-7-11-18(15,2)3/h4-5,8-9,15,17,19H,6-7,10-12H2,1-3H3. The van der Waals surface area contributed by atoms with Gasteiger partial charge >= 0.3 is 0 Å². The van der Waals surface area contributed by atoms with E-state index in [1.807, 2.05) is 0 Å². The molecule has 0 bridgehead atoms. The summed E-state index contributed by atoms with van der Waals surface area (Å²) in [6.07, 6.45) is 4.90. The number of carbonyl (C=O) groups excluding carboxylic acids is 1. The molecule has 114 valence electrons. The highest BCUT2D eigenvalue weighted by molar-refractivity contribution is 5.81. The van der Waals surface area contributed by atoms with Crippen molar-refractivity contribution in [1.29, 1.82) is 0 Å². The van der Waals surface area contributed by atoms with Crippen LogP contribution in [0.3, 0.4) is 0 Å². The molecule has 1 aliphatic heterocycles. The predicted octanol–water partition coefficient (Wildman–Crippen LogP) is 3.39. The summed E-state index contributed by atoms with van der Waals surface area (Å²) < 4.78 is 0. The molecule has 1 aromatic rings. The smallest absolute Gasteiger partial charge is 0.238 e. The molecule has 1 aromatic carbocycles. The third-order valence-corrected chi connectivity index (χ3v) is 5.28. The lowest BCUT2D eigenvalue weighted by molar-refractivity contribution is -0.134. The molecule has 3 heteroatoms. The van der Waals surface area contributed by atoms with Crippen LogP contribution in [0.4, 0.5) is 0 Å². The van der Waals surface area contributed by atoms with E-state index in [0.717, 1.165) is 6.42 Å². The zero-order valence-corrected chi connectivity index (χ0v) is 13.4. The van der Waals surface area contributed by atoms with E-state index in [1.165, 1.54) is 30.4 Å². The number of rotatable bonds is 2. The van der Waals surface area contributed by atoms with Crippen LogP contribution in [0.5, 0.6) is 0 Å². The van der Waals surface area contributed by atoms with Gasteiger partial charge in [-0.3, -0.25) is 10.1 Å². The maximum atomic E-state index is 12.5. The first-order valence-corrected chi connectivity index (χ1v) is 8.11. The average Bonchev–Trinajstić information content (AvgIpc) is 2.81. The average molecular weight is 286 g/mol. The fourth-order valence-electron chi connectivity index (χ4n) is 4.02. The van der Waals surface area contributed by atoms with Gasteiger partial charge in [-0.2, -0.15) is 0 Å². The lowest BCUT2D eigenvalue weighted by Crippen LogP contribution is -2.49. The van der Waals surface area contributed by atoms with Crippen LogP contribution < -0.4 is 5.32 Å². The summed E-state index contributed by atoms with van der Waals surface area (Å²) in [6, 6.07) is 8.75. The monoisotopic (exact) mass is 286 g/mol. The first-order valence-electron chi connectivity index (χ1n) is 8.11. The van der Waals surface area contributed by atoms with Crippen molar-refractivity contribution in [1.82, 2.24) is 10.2 Å². The van der Waals surface area contributed by atoms with Crippen LogP contribution in [0.1, 0.15) is 56.8 Å². The van der Waals surface area contributed by atoms with Crippen molar-refractivity contribution in [2.75, 3.05) is 6.54 Å². The van der Waals surface area contributed by atoms with Crippen LogP contribution >= 0.6 is 0 Å². The van der Waals surface area contributed by atoms with Gasteiger partial charge in [0.1, 0.15) is 6.17 Å². The molecular weight excluding hydrogens is 260 g/mol. The summed E-state index contributed by atoms with van der Waals surface area (Å²) in [4.78, 5) is 14.7. The van der Waals surface area contributed by atoms with E-state index in [4.69, 9.17) is 0 Å². The van der Waals surface area contributed by atoms with Crippen LogP contribution in [-0.4, -0.2) is 23.4 Å². The molecule has 3 nitrogen and oxygen atoms in total. The molecule has 2 aliphatic rings. The number of amides is 1. The molecule has 0 aromatic heterocycles. The fourth-order valence-corrected chi connectivity index (χ4v) is 4.02. The molecule has 1 saturated heterocycles. The van der Waals surface area contributed by atoms with Crippen LogP contribution in [-0.2, 0) is 4.79 Å². The minimum Gasteiger partial charge on any atom is -0.318 e. The number of hydrogen-bond donors (Lipinski definition) is 1. The van der Waals surface area contributed by atoms with E-state index >= 15 is 0 Å². The topological polar surface area (TPSA) is 32.3 Å². The summed E-state index contributed by atoms with van der Waals surface area (Å²) in [7, 11) is 0. The molecule has 0 spiro atoms. The van der Waals surface area contributed by atoms with E-state index in [0.29, 0.717) is 12.6 Å². The molecule has 1 aliphatic carbocycles. The Morgan fingerprint density at radius 3 is 2.71 bits per heavy atom. The van der Waals surface area contributed by atoms with Crippen LogP contribution in [0, 0.1) is 12.3 Å². The SMILES string of the molecule is Cc1ccccc1C1NCC(=O)N1C1CCCCC1(C)C. The summed E-state index contributed by atoms with van der Waals surface area (Å²) in [5.41, 5.74) is 2.70. The number of aryl methyl sites for hydroxylation is 1. The number of hydrogen-bond acceptors (Lipinski definition) is 2. The number of benzene rings is 1. The van der Waals surface area contributed by atoms with Gasteiger partial charge in [-0.1, -0.05) is 51.0 Å². The van der Waals surface area contributed by atoms with Gasteiger partial charge in [-0.15, -0.1) is 0 Å². The Labute approximate surface area is 127 Å². The number of carbonyl (C=O) groups is 1. The third kappa shape index (κ3) is 2.59. The predicted molar refractivity (Wildman–Crippen MR) is 84.8 cm³/mol. The largest absolute Gasteiger partial charge is 0.318 e. The quantitative estimate of drug-likeness (QED) is 0.904. The zero-order chi connectivity index (χ0) is 15.0. The Hall–Kier alpha value is -1.35. The van der Waals surface area contributed by atoms with Crippen molar-refractivity contribution >= 4 is 5.91 Å².